The van der Waals surface area contributed by atoms with Crippen molar-refractivity contribution in [1.82, 2.24) is 15.8 Å². The quantitative estimate of drug-likeness (QED) is 0.407. The zero-order valence-electron chi connectivity index (χ0n) is 15.9. The highest BCUT2D eigenvalue weighted by molar-refractivity contribution is 5.79. The summed E-state index contributed by atoms with van der Waals surface area (Å²) in [7, 11) is 1.64. The molecule has 0 spiro atoms. The topological polar surface area (TPSA) is 80.9 Å². The molecule has 1 aromatic carbocycles. The van der Waals surface area contributed by atoms with Gasteiger partial charge in [-0.05, 0) is 37.1 Å². The van der Waals surface area contributed by atoms with Gasteiger partial charge in [-0.25, -0.2) is 4.99 Å². The normalized spacial score (nSPS) is 11.5. The number of hydrogen-bond acceptors (Lipinski definition) is 5. The van der Waals surface area contributed by atoms with Gasteiger partial charge in [0.25, 0.3) is 0 Å². The van der Waals surface area contributed by atoms with Crippen molar-refractivity contribution in [2.75, 3.05) is 26.8 Å². The number of rotatable bonds is 9. The van der Waals surface area contributed by atoms with Crippen LogP contribution in [0.2, 0.25) is 0 Å². The van der Waals surface area contributed by atoms with Crippen LogP contribution in [0.15, 0.2) is 39.8 Å². The fraction of sp³-hybridized carbons (Fsp3) is 0.474. The summed E-state index contributed by atoms with van der Waals surface area (Å²) in [4.78, 5) is 4.51. The average molecular weight is 360 g/mol. The third-order valence-electron chi connectivity index (χ3n) is 3.63. The minimum atomic E-state index is 0.345. The Hall–Kier alpha value is -2.70. The van der Waals surface area contributed by atoms with Crippen LogP contribution >= 0.6 is 0 Å². The molecular weight excluding hydrogens is 332 g/mol. The van der Waals surface area contributed by atoms with Crippen molar-refractivity contribution in [1.29, 1.82) is 0 Å². The number of nitrogens with one attached hydrogen (secondary N) is 2. The number of hydrogen-bond donors (Lipinski definition) is 2. The van der Waals surface area contributed by atoms with Gasteiger partial charge in [-0.3, -0.25) is 0 Å². The standard InChI is InChI=1S/C19H28N4O3/c1-5-20-19(22-13-17-12-18(14(2)3)23-26-17)21-10-11-25-16-8-6-15(24-4)7-9-16/h6-9,12,14H,5,10-11,13H2,1-4H3,(H2,20,21,22). The van der Waals surface area contributed by atoms with Gasteiger partial charge in [-0.15, -0.1) is 0 Å². The third-order valence-corrected chi connectivity index (χ3v) is 3.63. The lowest BCUT2D eigenvalue weighted by Crippen LogP contribution is -2.39. The summed E-state index contributed by atoms with van der Waals surface area (Å²) in [6.45, 7) is 8.56. The van der Waals surface area contributed by atoms with Crippen LogP contribution < -0.4 is 20.1 Å². The lowest BCUT2D eigenvalue weighted by atomic mass is 10.1. The molecule has 2 aromatic rings. The van der Waals surface area contributed by atoms with Crippen molar-refractivity contribution in [2.24, 2.45) is 4.99 Å². The van der Waals surface area contributed by atoms with Crippen LogP contribution in [0, 0.1) is 0 Å². The van der Waals surface area contributed by atoms with E-state index in [-0.39, 0.29) is 0 Å². The summed E-state index contributed by atoms with van der Waals surface area (Å²) in [5, 5.41) is 10.5. The summed E-state index contributed by atoms with van der Waals surface area (Å²) in [5.74, 6) is 3.43. The molecule has 0 radical (unpaired) electrons. The van der Waals surface area contributed by atoms with Gasteiger partial charge in [-0.1, -0.05) is 19.0 Å². The van der Waals surface area contributed by atoms with Gasteiger partial charge < -0.3 is 24.6 Å². The fourth-order valence-electron chi connectivity index (χ4n) is 2.18. The molecule has 0 fully saturated rings. The van der Waals surface area contributed by atoms with E-state index in [9.17, 15) is 0 Å². The molecule has 0 saturated carbocycles. The maximum absolute atomic E-state index is 5.70. The van der Waals surface area contributed by atoms with E-state index in [2.05, 4.69) is 34.6 Å². The number of guanidine groups is 1. The fourth-order valence-corrected chi connectivity index (χ4v) is 2.18. The Kier molecular flexibility index (Phi) is 7.79. The van der Waals surface area contributed by atoms with E-state index in [4.69, 9.17) is 14.0 Å². The van der Waals surface area contributed by atoms with Gasteiger partial charge in [0.2, 0.25) is 0 Å². The highest BCUT2D eigenvalue weighted by Crippen LogP contribution is 2.16. The summed E-state index contributed by atoms with van der Waals surface area (Å²) in [6, 6.07) is 9.46. The smallest absolute Gasteiger partial charge is 0.191 e. The Labute approximate surface area is 154 Å². The number of nitrogens with zero attached hydrogens (tertiary/aromatic N) is 2. The number of aromatic nitrogens is 1. The molecule has 142 valence electrons. The molecule has 2 rings (SSSR count). The molecule has 2 N–H and O–H groups in total. The van der Waals surface area contributed by atoms with Crippen LogP contribution in [0.4, 0.5) is 0 Å². The van der Waals surface area contributed by atoms with E-state index < -0.39 is 0 Å². The maximum Gasteiger partial charge on any atom is 0.191 e. The summed E-state index contributed by atoms with van der Waals surface area (Å²) >= 11 is 0. The van der Waals surface area contributed by atoms with Crippen LogP contribution in [0.5, 0.6) is 11.5 Å². The van der Waals surface area contributed by atoms with Crippen LogP contribution in [0.3, 0.4) is 0 Å². The maximum atomic E-state index is 5.70. The van der Waals surface area contributed by atoms with Gasteiger partial charge in [-0.2, -0.15) is 0 Å². The van der Waals surface area contributed by atoms with E-state index in [0.29, 0.717) is 31.6 Å². The van der Waals surface area contributed by atoms with E-state index in [1.165, 1.54) is 0 Å². The zero-order valence-corrected chi connectivity index (χ0v) is 15.9. The van der Waals surface area contributed by atoms with E-state index >= 15 is 0 Å². The first kappa shape index (κ1) is 19.6. The van der Waals surface area contributed by atoms with Crippen LogP contribution in [0.25, 0.3) is 0 Å². The zero-order chi connectivity index (χ0) is 18.8. The first-order valence-corrected chi connectivity index (χ1v) is 8.87. The molecule has 0 bridgehead atoms. The Morgan fingerprint density at radius 1 is 1.19 bits per heavy atom. The Morgan fingerprint density at radius 2 is 1.92 bits per heavy atom. The SMILES string of the molecule is CCNC(=NCc1cc(C(C)C)no1)NCCOc1ccc(OC)cc1. The van der Waals surface area contributed by atoms with E-state index in [0.717, 1.165) is 29.5 Å². The van der Waals surface area contributed by atoms with Crippen molar-refractivity contribution >= 4 is 5.96 Å². The van der Waals surface area contributed by atoms with E-state index in [1.54, 1.807) is 7.11 Å². The first-order valence-electron chi connectivity index (χ1n) is 8.87. The molecule has 7 nitrogen and oxygen atoms in total. The monoisotopic (exact) mass is 360 g/mol. The predicted octanol–water partition coefficient (Wildman–Crippen LogP) is 2.94. The second kappa shape index (κ2) is 10.3. The largest absolute Gasteiger partial charge is 0.497 e. The molecule has 0 aliphatic rings. The molecular formula is C19H28N4O3. The molecule has 0 saturated heterocycles. The summed E-state index contributed by atoms with van der Waals surface area (Å²) in [6.07, 6.45) is 0. The molecule has 1 aromatic heterocycles. The van der Waals surface area contributed by atoms with Crippen molar-refractivity contribution in [2.45, 2.75) is 33.2 Å². The Morgan fingerprint density at radius 3 is 2.54 bits per heavy atom. The van der Waals surface area contributed by atoms with Crippen molar-refractivity contribution in [3.8, 4) is 11.5 Å². The Bertz CT molecular complexity index is 680. The first-order chi connectivity index (χ1) is 12.6. The van der Waals surface area contributed by atoms with Gasteiger partial charge >= 0.3 is 0 Å². The highest BCUT2D eigenvalue weighted by Gasteiger charge is 2.07. The molecule has 7 heteroatoms. The highest BCUT2D eigenvalue weighted by atomic mass is 16.5. The number of benzene rings is 1. The van der Waals surface area contributed by atoms with Crippen LogP contribution in [0.1, 0.15) is 38.1 Å². The molecule has 0 atom stereocenters. The summed E-state index contributed by atoms with van der Waals surface area (Å²) in [5.41, 5.74) is 0.945. The Balaban J connectivity index is 1.78. The van der Waals surface area contributed by atoms with Crippen LogP contribution in [-0.4, -0.2) is 37.9 Å². The van der Waals surface area contributed by atoms with Gasteiger partial charge in [0, 0.05) is 12.6 Å². The van der Waals surface area contributed by atoms with Gasteiger partial charge in [0.15, 0.2) is 11.7 Å². The third kappa shape index (κ3) is 6.31. The van der Waals surface area contributed by atoms with Crippen molar-refractivity contribution in [3.63, 3.8) is 0 Å². The van der Waals surface area contributed by atoms with E-state index in [1.807, 2.05) is 37.3 Å². The molecule has 0 unspecified atom stereocenters. The van der Waals surface area contributed by atoms with Gasteiger partial charge in [0.05, 0.1) is 19.3 Å². The molecule has 0 aliphatic heterocycles. The molecule has 0 amide bonds. The minimum Gasteiger partial charge on any atom is -0.497 e. The number of methoxy groups -OCH3 is 1. The van der Waals surface area contributed by atoms with Crippen LogP contribution in [-0.2, 0) is 6.54 Å². The second-order valence-electron chi connectivity index (χ2n) is 6.02. The second-order valence-corrected chi connectivity index (χ2v) is 6.02. The summed E-state index contributed by atoms with van der Waals surface area (Å²) < 4.78 is 16.1. The predicted molar refractivity (Wildman–Crippen MR) is 102 cm³/mol. The average Bonchev–Trinajstić information content (AvgIpc) is 3.13. The van der Waals surface area contributed by atoms with Crippen molar-refractivity contribution < 1.29 is 14.0 Å². The minimum absolute atomic E-state index is 0.345. The number of aliphatic imine (C=N–C) groups is 1. The lowest BCUT2D eigenvalue weighted by molar-refractivity contribution is 0.321. The molecule has 26 heavy (non-hydrogen) atoms. The molecule has 1 heterocycles. The van der Waals surface area contributed by atoms with Gasteiger partial charge in [0.1, 0.15) is 24.7 Å². The molecule has 0 aliphatic carbocycles. The lowest BCUT2D eigenvalue weighted by Gasteiger charge is -2.12. The van der Waals surface area contributed by atoms with Crippen molar-refractivity contribution in [3.05, 3.63) is 41.8 Å². The number of ether oxygens (including phenoxy) is 2.